The standard InChI is InChI=1S/C26H38IN7O2/c1-17-9-10-19(24(35)29-5)12-21(17)30-22-20(13-28)23(33(6)16-26(2,3)4)32-25(31-22)36-15-18-8-7-11-34(27)14-18/h9-10,12-13,18,28H,7-8,11,14-16H2,1-6H3,(H,29,35)(H,30,31,32). The zero-order valence-corrected chi connectivity index (χ0v) is 24.3. The van der Waals surface area contributed by atoms with E-state index >= 15 is 0 Å². The number of hydrogen-bond acceptors (Lipinski definition) is 8. The highest BCUT2D eigenvalue weighted by molar-refractivity contribution is 14.1. The normalized spacial score (nSPS) is 16.4. The molecule has 2 aromatic rings. The number of ether oxygens (including phenoxy) is 1. The Morgan fingerprint density at radius 3 is 2.75 bits per heavy atom. The zero-order valence-electron chi connectivity index (χ0n) is 22.1. The summed E-state index contributed by atoms with van der Waals surface area (Å²) in [6, 6.07) is 5.75. The number of nitrogens with one attached hydrogen (secondary N) is 3. The third-order valence-corrected chi connectivity index (χ3v) is 6.90. The van der Waals surface area contributed by atoms with Gasteiger partial charge in [-0.15, -0.1) is 0 Å². The van der Waals surface area contributed by atoms with Crippen LogP contribution in [0.3, 0.4) is 0 Å². The summed E-state index contributed by atoms with van der Waals surface area (Å²) in [6.07, 6.45) is 3.54. The quantitative estimate of drug-likeness (QED) is 0.214. The van der Waals surface area contributed by atoms with Crippen molar-refractivity contribution in [2.45, 2.75) is 40.5 Å². The van der Waals surface area contributed by atoms with Crippen LogP contribution in [0.15, 0.2) is 18.2 Å². The molecule has 9 nitrogen and oxygen atoms in total. The predicted octanol–water partition coefficient (Wildman–Crippen LogP) is 4.81. The summed E-state index contributed by atoms with van der Waals surface area (Å²) in [7, 11) is 3.58. The summed E-state index contributed by atoms with van der Waals surface area (Å²) < 4.78 is 8.44. The summed E-state index contributed by atoms with van der Waals surface area (Å²) in [5.74, 6) is 1.36. The van der Waals surface area contributed by atoms with E-state index in [4.69, 9.17) is 15.1 Å². The molecule has 0 spiro atoms. The van der Waals surface area contributed by atoms with Gasteiger partial charge < -0.3 is 25.7 Å². The summed E-state index contributed by atoms with van der Waals surface area (Å²) in [4.78, 5) is 23.7. The number of benzene rings is 1. The van der Waals surface area contributed by atoms with Crippen molar-refractivity contribution in [3.05, 3.63) is 34.9 Å². The van der Waals surface area contributed by atoms with Crippen LogP contribution < -0.4 is 20.3 Å². The highest BCUT2D eigenvalue weighted by Gasteiger charge is 2.23. The summed E-state index contributed by atoms with van der Waals surface area (Å²) in [6.45, 7) is 11.8. The van der Waals surface area contributed by atoms with Crippen molar-refractivity contribution >= 4 is 52.3 Å². The van der Waals surface area contributed by atoms with Gasteiger partial charge in [-0.2, -0.15) is 9.97 Å². The fraction of sp³-hybridized carbons (Fsp3) is 0.538. The minimum atomic E-state index is -0.167. The Bertz CT molecular complexity index is 1090. The van der Waals surface area contributed by atoms with E-state index in [1.165, 1.54) is 6.21 Å². The van der Waals surface area contributed by atoms with Gasteiger partial charge in [0.05, 0.1) is 12.2 Å². The molecule has 1 saturated heterocycles. The van der Waals surface area contributed by atoms with Crippen LogP contribution >= 0.6 is 22.9 Å². The molecule has 3 rings (SSSR count). The van der Waals surface area contributed by atoms with Crippen LogP contribution in [0.5, 0.6) is 6.01 Å². The average molecular weight is 608 g/mol. The molecular formula is C26H38IN7O2. The number of anilines is 3. The van der Waals surface area contributed by atoms with Crippen molar-refractivity contribution < 1.29 is 9.53 Å². The molecule has 0 bridgehead atoms. The van der Waals surface area contributed by atoms with E-state index in [9.17, 15) is 4.79 Å². The summed E-state index contributed by atoms with van der Waals surface area (Å²) in [5, 5.41) is 14.2. The molecule has 0 saturated carbocycles. The number of amides is 1. The lowest BCUT2D eigenvalue weighted by Crippen LogP contribution is -2.32. The Balaban J connectivity index is 1.99. The first kappa shape index (κ1) is 28.1. The molecule has 1 fully saturated rings. The number of carbonyl (C=O) groups is 1. The van der Waals surface area contributed by atoms with E-state index in [0.29, 0.717) is 35.3 Å². The lowest BCUT2D eigenvalue weighted by molar-refractivity contribution is 0.0963. The van der Waals surface area contributed by atoms with E-state index in [1.807, 2.05) is 24.9 Å². The number of aromatic nitrogens is 2. The number of hydrogen-bond donors (Lipinski definition) is 3. The molecular weight excluding hydrogens is 569 g/mol. The lowest BCUT2D eigenvalue weighted by atomic mass is 9.96. The Kier molecular flexibility index (Phi) is 9.51. The largest absolute Gasteiger partial charge is 0.463 e. The average Bonchev–Trinajstić information content (AvgIpc) is 2.82. The Hall–Kier alpha value is -2.47. The highest BCUT2D eigenvalue weighted by Crippen LogP contribution is 2.31. The third kappa shape index (κ3) is 7.52. The number of nitrogens with zero attached hydrogens (tertiary/aromatic N) is 4. The Labute approximate surface area is 228 Å². The van der Waals surface area contributed by atoms with Crippen LogP contribution in [0.2, 0.25) is 0 Å². The van der Waals surface area contributed by atoms with E-state index in [1.54, 1.807) is 19.2 Å². The van der Waals surface area contributed by atoms with Gasteiger partial charge in [-0.1, -0.05) is 26.8 Å². The molecule has 1 aliphatic heterocycles. The number of rotatable bonds is 9. The van der Waals surface area contributed by atoms with E-state index in [2.05, 4.69) is 62.4 Å². The molecule has 0 aliphatic carbocycles. The molecule has 1 aromatic heterocycles. The van der Waals surface area contributed by atoms with Crippen LogP contribution in [0.1, 0.15) is 55.1 Å². The second-order valence-corrected chi connectivity index (χ2v) is 11.9. The molecule has 36 heavy (non-hydrogen) atoms. The lowest BCUT2D eigenvalue weighted by Gasteiger charge is -2.30. The predicted molar refractivity (Wildman–Crippen MR) is 154 cm³/mol. The minimum Gasteiger partial charge on any atom is -0.463 e. The van der Waals surface area contributed by atoms with E-state index in [0.717, 1.165) is 43.7 Å². The van der Waals surface area contributed by atoms with Gasteiger partial charge in [0, 0.05) is 80.0 Å². The summed E-state index contributed by atoms with van der Waals surface area (Å²) >= 11 is 2.37. The van der Waals surface area contributed by atoms with Gasteiger partial charge in [-0.3, -0.25) is 4.79 Å². The zero-order chi connectivity index (χ0) is 26.5. The first-order valence-electron chi connectivity index (χ1n) is 12.3. The number of piperidine rings is 1. The van der Waals surface area contributed by atoms with E-state index in [-0.39, 0.29) is 17.3 Å². The molecule has 3 N–H and O–H groups in total. The molecule has 1 aliphatic rings. The topological polar surface area (TPSA) is 106 Å². The molecule has 2 heterocycles. The van der Waals surface area contributed by atoms with Crippen LogP contribution in [0.4, 0.5) is 17.3 Å². The molecule has 1 aromatic carbocycles. The minimum absolute atomic E-state index is 0.0257. The third-order valence-electron chi connectivity index (χ3n) is 6.02. The van der Waals surface area contributed by atoms with Crippen LogP contribution in [0, 0.1) is 23.7 Å². The molecule has 196 valence electrons. The molecule has 10 heteroatoms. The first-order valence-corrected chi connectivity index (χ1v) is 13.2. The fourth-order valence-electron chi connectivity index (χ4n) is 4.32. The SMILES string of the molecule is CNC(=O)c1ccc(C)c(Nc2nc(OCC3CCCN(I)C3)nc(N(C)CC(C)(C)C)c2C=N)c1. The highest BCUT2D eigenvalue weighted by atomic mass is 127. The second kappa shape index (κ2) is 12.2. The van der Waals surface area contributed by atoms with Gasteiger partial charge in [0.2, 0.25) is 0 Å². The van der Waals surface area contributed by atoms with Crippen molar-refractivity contribution in [3.8, 4) is 6.01 Å². The number of aryl methyl sites for hydroxylation is 1. The van der Waals surface area contributed by atoms with Crippen LogP contribution in [0.25, 0.3) is 0 Å². The van der Waals surface area contributed by atoms with Gasteiger partial charge in [0.25, 0.3) is 5.91 Å². The van der Waals surface area contributed by atoms with Gasteiger partial charge in [-0.05, 0) is 42.9 Å². The molecule has 0 radical (unpaired) electrons. The molecule has 1 unspecified atom stereocenters. The molecule has 1 atom stereocenters. The Morgan fingerprint density at radius 2 is 2.11 bits per heavy atom. The number of carbonyl (C=O) groups excluding carboxylic acids is 1. The molecule has 1 amide bonds. The summed E-state index contributed by atoms with van der Waals surface area (Å²) in [5.41, 5.74) is 2.82. The van der Waals surface area contributed by atoms with Crippen molar-refractivity contribution in [2.24, 2.45) is 11.3 Å². The van der Waals surface area contributed by atoms with Crippen molar-refractivity contribution in [2.75, 3.05) is 50.6 Å². The fourth-order valence-corrected chi connectivity index (χ4v) is 5.22. The smallest absolute Gasteiger partial charge is 0.320 e. The van der Waals surface area contributed by atoms with E-state index < -0.39 is 0 Å². The van der Waals surface area contributed by atoms with Crippen LogP contribution in [-0.4, -0.2) is 65.5 Å². The maximum absolute atomic E-state index is 12.2. The first-order chi connectivity index (χ1) is 17.0. The van der Waals surface area contributed by atoms with Crippen molar-refractivity contribution in [1.29, 1.82) is 5.41 Å². The Morgan fingerprint density at radius 1 is 1.36 bits per heavy atom. The van der Waals surface area contributed by atoms with Gasteiger partial charge in [0.1, 0.15) is 11.6 Å². The van der Waals surface area contributed by atoms with Gasteiger partial charge in [-0.25, -0.2) is 3.11 Å². The van der Waals surface area contributed by atoms with Crippen molar-refractivity contribution in [3.63, 3.8) is 0 Å². The van der Waals surface area contributed by atoms with Gasteiger partial charge >= 0.3 is 6.01 Å². The van der Waals surface area contributed by atoms with Gasteiger partial charge in [0.15, 0.2) is 0 Å². The van der Waals surface area contributed by atoms with Crippen LogP contribution in [-0.2, 0) is 0 Å². The monoisotopic (exact) mass is 607 g/mol. The maximum atomic E-state index is 12.2. The van der Waals surface area contributed by atoms with Crippen molar-refractivity contribution in [1.82, 2.24) is 18.4 Å². The second-order valence-electron chi connectivity index (χ2n) is 10.6. The maximum Gasteiger partial charge on any atom is 0.320 e. The number of halogens is 1.